The molecule has 1 saturated heterocycles. The lowest BCUT2D eigenvalue weighted by molar-refractivity contribution is -0.384. The van der Waals surface area contributed by atoms with Gasteiger partial charge >= 0.3 is 0 Å². The highest BCUT2D eigenvalue weighted by atomic mass is 16.6. The van der Waals surface area contributed by atoms with E-state index in [9.17, 15) is 14.9 Å². The molecule has 170 valence electrons. The summed E-state index contributed by atoms with van der Waals surface area (Å²) in [6.45, 7) is 3.05. The van der Waals surface area contributed by atoms with E-state index in [1.54, 1.807) is 26.2 Å². The van der Waals surface area contributed by atoms with Gasteiger partial charge in [-0.15, -0.1) is 10.2 Å². The zero-order chi connectivity index (χ0) is 23.4. The Balaban J connectivity index is 1.39. The first-order valence-corrected chi connectivity index (χ1v) is 10.7. The van der Waals surface area contributed by atoms with Gasteiger partial charge in [0.05, 0.1) is 17.7 Å². The summed E-state index contributed by atoms with van der Waals surface area (Å²) in [7, 11) is 1.62. The number of piperidine rings is 1. The number of rotatable bonds is 6. The number of hydrogen-bond acceptors (Lipinski definition) is 7. The van der Waals surface area contributed by atoms with E-state index in [-0.39, 0.29) is 23.2 Å². The lowest BCUT2D eigenvalue weighted by atomic mass is 9.95. The van der Waals surface area contributed by atoms with Crippen molar-refractivity contribution in [2.24, 2.45) is 5.92 Å². The van der Waals surface area contributed by atoms with Gasteiger partial charge in [0.1, 0.15) is 11.4 Å². The van der Waals surface area contributed by atoms with Gasteiger partial charge in [0.15, 0.2) is 5.82 Å². The standard InChI is InChI=1S/C24H25N5O4/c1-16-6-5-8-20(29(31)32)23(16)25-24(30)17-12-14-28(15-13-17)22-11-10-19(26-27-22)18-7-3-4-9-21(18)33-2/h3-11,17H,12-15H2,1-2H3,(H,25,30). The van der Waals surface area contributed by atoms with Crippen LogP contribution in [0, 0.1) is 23.0 Å². The van der Waals surface area contributed by atoms with E-state index in [4.69, 9.17) is 4.74 Å². The van der Waals surface area contributed by atoms with Crippen LogP contribution < -0.4 is 15.0 Å². The molecular formula is C24H25N5O4. The van der Waals surface area contributed by atoms with Crippen LogP contribution in [0.3, 0.4) is 0 Å². The molecule has 1 fully saturated rings. The first-order chi connectivity index (χ1) is 16.0. The zero-order valence-electron chi connectivity index (χ0n) is 18.5. The summed E-state index contributed by atoms with van der Waals surface area (Å²) in [5, 5.41) is 22.8. The number of nitro benzene ring substituents is 1. The van der Waals surface area contributed by atoms with Crippen LogP contribution in [-0.4, -0.2) is 41.2 Å². The van der Waals surface area contributed by atoms with Crippen LogP contribution in [0.2, 0.25) is 0 Å². The van der Waals surface area contributed by atoms with Crippen LogP contribution in [0.15, 0.2) is 54.6 Å². The van der Waals surface area contributed by atoms with Gasteiger partial charge in [0.25, 0.3) is 5.69 Å². The Bertz CT molecular complexity index is 1160. The predicted octanol–water partition coefficient (Wildman–Crippen LogP) is 4.22. The number of methoxy groups -OCH3 is 1. The summed E-state index contributed by atoms with van der Waals surface area (Å²) < 4.78 is 5.40. The SMILES string of the molecule is COc1ccccc1-c1ccc(N2CCC(C(=O)Nc3c(C)cccc3[N+](=O)[O-])CC2)nn1. The van der Waals surface area contributed by atoms with E-state index in [0.717, 1.165) is 22.8 Å². The molecule has 0 bridgehead atoms. The Morgan fingerprint density at radius 3 is 2.52 bits per heavy atom. The number of nitrogens with one attached hydrogen (secondary N) is 1. The number of aromatic nitrogens is 2. The van der Waals surface area contributed by atoms with Gasteiger partial charge < -0.3 is 15.0 Å². The number of benzene rings is 2. The van der Waals surface area contributed by atoms with E-state index in [1.807, 2.05) is 36.4 Å². The van der Waals surface area contributed by atoms with Crippen molar-refractivity contribution in [2.75, 3.05) is 30.4 Å². The number of amides is 1. The predicted molar refractivity (Wildman–Crippen MR) is 125 cm³/mol. The summed E-state index contributed by atoms with van der Waals surface area (Å²) in [6, 6.07) is 16.2. The Hall–Kier alpha value is -4.01. The van der Waals surface area contributed by atoms with Gasteiger partial charge in [0, 0.05) is 30.6 Å². The Labute approximate surface area is 191 Å². The molecule has 1 aliphatic rings. The fraction of sp³-hybridized carbons (Fsp3) is 0.292. The number of nitro groups is 1. The van der Waals surface area contributed by atoms with Crippen molar-refractivity contribution in [3.8, 4) is 17.0 Å². The topological polar surface area (TPSA) is 110 Å². The summed E-state index contributed by atoms with van der Waals surface area (Å²) in [4.78, 5) is 25.7. The highest BCUT2D eigenvalue weighted by molar-refractivity contribution is 5.95. The molecule has 9 nitrogen and oxygen atoms in total. The first-order valence-electron chi connectivity index (χ1n) is 10.7. The third-order valence-electron chi connectivity index (χ3n) is 5.92. The lowest BCUT2D eigenvalue weighted by Gasteiger charge is -2.31. The largest absolute Gasteiger partial charge is 0.496 e. The van der Waals surface area contributed by atoms with Gasteiger partial charge in [-0.25, -0.2) is 0 Å². The van der Waals surface area contributed by atoms with E-state index in [2.05, 4.69) is 20.4 Å². The number of hydrogen-bond donors (Lipinski definition) is 1. The summed E-state index contributed by atoms with van der Waals surface area (Å²) in [6.07, 6.45) is 1.25. The number of aryl methyl sites for hydroxylation is 1. The van der Waals surface area contributed by atoms with Crippen molar-refractivity contribution in [2.45, 2.75) is 19.8 Å². The zero-order valence-corrected chi connectivity index (χ0v) is 18.5. The number of anilines is 2. The van der Waals surface area contributed by atoms with Crippen molar-refractivity contribution < 1.29 is 14.5 Å². The molecular weight excluding hydrogens is 422 g/mol. The average molecular weight is 447 g/mol. The molecule has 0 saturated carbocycles. The number of ether oxygens (including phenoxy) is 1. The number of carbonyl (C=O) groups excluding carboxylic acids is 1. The monoisotopic (exact) mass is 447 g/mol. The normalized spacial score (nSPS) is 14.1. The minimum atomic E-state index is -0.474. The van der Waals surface area contributed by atoms with E-state index < -0.39 is 4.92 Å². The van der Waals surface area contributed by atoms with Crippen LogP contribution in [0.1, 0.15) is 18.4 Å². The fourth-order valence-electron chi connectivity index (χ4n) is 4.06. The minimum Gasteiger partial charge on any atom is -0.496 e. The second-order valence-corrected chi connectivity index (χ2v) is 7.95. The van der Waals surface area contributed by atoms with E-state index in [0.29, 0.717) is 31.5 Å². The molecule has 0 radical (unpaired) electrons. The molecule has 1 amide bonds. The van der Waals surface area contributed by atoms with Crippen LogP contribution in [0.4, 0.5) is 17.2 Å². The van der Waals surface area contributed by atoms with Crippen LogP contribution in [0.5, 0.6) is 5.75 Å². The molecule has 2 aromatic carbocycles. The first kappa shape index (κ1) is 22.2. The molecule has 0 aliphatic carbocycles. The van der Waals surface area contributed by atoms with Crippen LogP contribution in [0.25, 0.3) is 11.3 Å². The molecule has 0 atom stereocenters. The summed E-state index contributed by atoms with van der Waals surface area (Å²) in [5.74, 6) is 1.08. The Kier molecular flexibility index (Phi) is 6.48. The summed E-state index contributed by atoms with van der Waals surface area (Å²) in [5.41, 5.74) is 2.45. The molecule has 0 unspecified atom stereocenters. The van der Waals surface area contributed by atoms with Gasteiger partial charge in [-0.2, -0.15) is 0 Å². The van der Waals surface area contributed by atoms with Crippen molar-refractivity contribution in [1.29, 1.82) is 0 Å². The molecule has 4 rings (SSSR count). The van der Waals surface area contributed by atoms with Crippen molar-refractivity contribution in [3.63, 3.8) is 0 Å². The molecule has 2 heterocycles. The molecule has 1 N–H and O–H groups in total. The second-order valence-electron chi connectivity index (χ2n) is 7.95. The third-order valence-corrected chi connectivity index (χ3v) is 5.92. The smallest absolute Gasteiger partial charge is 0.293 e. The van der Waals surface area contributed by atoms with Crippen molar-refractivity contribution in [3.05, 3.63) is 70.3 Å². The van der Waals surface area contributed by atoms with E-state index >= 15 is 0 Å². The number of nitrogens with zero attached hydrogens (tertiary/aromatic N) is 4. The molecule has 1 aromatic heterocycles. The van der Waals surface area contributed by atoms with Crippen molar-refractivity contribution >= 4 is 23.1 Å². The quantitative estimate of drug-likeness (QED) is 0.445. The Morgan fingerprint density at radius 2 is 1.85 bits per heavy atom. The maximum absolute atomic E-state index is 12.8. The third kappa shape index (κ3) is 4.77. The number of para-hydroxylation sites is 2. The molecule has 3 aromatic rings. The molecule has 1 aliphatic heterocycles. The van der Waals surface area contributed by atoms with Crippen LogP contribution in [-0.2, 0) is 4.79 Å². The highest BCUT2D eigenvalue weighted by Gasteiger charge is 2.28. The van der Waals surface area contributed by atoms with Crippen LogP contribution >= 0.6 is 0 Å². The minimum absolute atomic E-state index is 0.0915. The lowest BCUT2D eigenvalue weighted by Crippen LogP contribution is -2.38. The Morgan fingerprint density at radius 1 is 1.09 bits per heavy atom. The highest BCUT2D eigenvalue weighted by Crippen LogP contribution is 2.31. The maximum atomic E-state index is 12.8. The van der Waals surface area contributed by atoms with Gasteiger partial charge in [0.2, 0.25) is 5.91 Å². The number of carbonyl (C=O) groups is 1. The molecule has 9 heteroatoms. The molecule has 0 spiro atoms. The van der Waals surface area contributed by atoms with E-state index in [1.165, 1.54) is 6.07 Å². The van der Waals surface area contributed by atoms with Crippen molar-refractivity contribution in [1.82, 2.24) is 10.2 Å². The van der Waals surface area contributed by atoms with Gasteiger partial charge in [-0.3, -0.25) is 14.9 Å². The fourth-order valence-corrected chi connectivity index (χ4v) is 4.06. The van der Waals surface area contributed by atoms with Gasteiger partial charge in [-0.1, -0.05) is 24.3 Å². The summed E-state index contributed by atoms with van der Waals surface area (Å²) >= 11 is 0. The van der Waals surface area contributed by atoms with Gasteiger partial charge in [-0.05, 0) is 49.6 Å². The second kappa shape index (κ2) is 9.64. The maximum Gasteiger partial charge on any atom is 0.293 e. The molecule has 33 heavy (non-hydrogen) atoms. The average Bonchev–Trinajstić information content (AvgIpc) is 2.85.